The third kappa shape index (κ3) is 8.64. The lowest BCUT2D eigenvalue weighted by Crippen LogP contribution is -2.27. The lowest BCUT2D eigenvalue weighted by atomic mass is 10.0. The highest BCUT2D eigenvalue weighted by molar-refractivity contribution is 5.64. The first-order chi connectivity index (χ1) is 16.2. The van der Waals surface area contributed by atoms with E-state index >= 15 is 0 Å². The molecule has 3 heteroatoms. The normalized spacial score (nSPS) is 19.2. The maximum atomic E-state index is 6.09. The van der Waals surface area contributed by atoms with Crippen molar-refractivity contribution >= 4 is 0 Å². The van der Waals surface area contributed by atoms with Crippen molar-refractivity contribution in [3.8, 4) is 16.9 Å². The Balaban J connectivity index is 1.45. The van der Waals surface area contributed by atoms with Crippen LogP contribution in [-0.2, 0) is 9.47 Å². The van der Waals surface area contributed by atoms with Crippen molar-refractivity contribution in [2.75, 3.05) is 13.2 Å². The number of ether oxygens (including phenoxy) is 3. The summed E-state index contributed by atoms with van der Waals surface area (Å²) in [6.45, 7) is 9.75. The molecule has 1 heterocycles. The van der Waals surface area contributed by atoms with Gasteiger partial charge in [0, 0.05) is 11.5 Å². The van der Waals surface area contributed by atoms with E-state index in [-0.39, 0.29) is 12.4 Å². The summed E-state index contributed by atoms with van der Waals surface area (Å²) in [5.74, 6) is 1.45. The molecule has 0 aromatic heterocycles. The first-order valence-corrected chi connectivity index (χ1v) is 12.9. The van der Waals surface area contributed by atoms with Gasteiger partial charge in [-0.1, -0.05) is 75.1 Å². The van der Waals surface area contributed by atoms with Crippen molar-refractivity contribution in [1.82, 2.24) is 0 Å². The molecule has 0 N–H and O–H groups in total. The van der Waals surface area contributed by atoms with Crippen LogP contribution in [0.4, 0.5) is 0 Å². The smallest absolute Gasteiger partial charge is 0.183 e. The van der Waals surface area contributed by atoms with Crippen LogP contribution in [0.25, 0.3) is 11.1 Å². The van der Waals surface area contributed by atoms with Gasteiger partial charge in [-0.3, -0.25) is 0 Å². The van der Waals surface area contributed by atoms with E-state index in [0.29, 0.717) is 5.92 Å². The standard InChI is InChI=1S/C30H42O3/c1-4-6-8-10-12-24(3)33-29-20-18-27(19-21-29)26-14-16-28(17-15-26)30-31-22-25(23-32-30)13-11-9-7-5-2/h5,14-21,24-25,30H,2,4,6-13,22-23H2,1,3H3. The number of hydrogen-bond acceptors (Lipinski definition) is 3. The van der Waals surface area contributed by atoms with Crippen LogP contribution < -0.4 is 4.74 Å². The highest BCUT2D eigenvalue weighted by Crippen LogP contribution is 2.30. The lowest BCUT2D eigenvalue weighted by Gasteiger charge is -2.29. The van der Waals surface area contributed by atoms with Crippen molar-refractivity contribution in [2.45, 2.75) is 84.0 Å². The van der Waals surface area contributed by atoms with Gasteiger partial charge >= 0.3 is 0 Å². The molecule has 0 aliphatic carbocycles. The van der Waals surface area contributed by atoms with E-state index < -0.39 is 0 Å². The molecule has 2 aromatic rings. The summed E-state index contributed by atoms with van der Waals surface area (Å²) in [7, 11) is 0. The monoisotopic (exact) mass is 450 g/mol. The van der Waals surface area contributed by atoms with Gasteiger partial charge in [-0.2, -0.15) is 0 Å². The van der Waals surface area contributed by atoms with Crippen LogP contribution in [0.2, 0.25) is 0 Å². The van der Waals surface area contributed by atoms with E-state index in [1.807, 2.05) is 6.08 Å². The molecule has 0 radical (unpaired) electrons. The summed E-state index contributed by atoms with van der Waals surface area (Å²) in [4.78, 5) is 0. The van der Waals surface area contributed by atoms with E-state index in [2.05, 4.69) is 69.0 Å². The fourth-order valence-electron chi connectivity index (χ4n) is 4.33. The van der Waals surface area contributed by atoms with Gasteiger partial charge in [-0.15, -0.1) is 6.58 Å². The number of unbranched alkanes of at least 4 members (excludes halogenated alkanes) is 5. The molecule has 0 saturated carbocycles. The van der Waals surface area contributed by atoms with Crippen LogP contribution in [0.3, 0.4) is 0 Å². The van der Waals surface area contributed by atoms with E-state index in [1.54, 1.807) is 0 Å². The molecular weight excluding hydrogens is 408 g/mol. The minimum Gasteiger partial charge on any atom is -0.491 e. The zero-order valence-electron chi connectivity index (χ0n) is 20.6. The van der Waals surface area contributed by atoms with Crippen LogP contribution >= 0.6 is 0 Å². The second-order valence-electron chi connectivity index (χ2n) is 9.36. The summed E-state index contributed by atoms with van der Waals surface area (Å²) in [5, 5.41) is 0. The number of hydrogen-bond donors (Lipinski definition) is 0. The number of benzene rings is 2. The van der Waals surface area contributed by atoms with Gasteiger partial charge < -0.3 is 14.2 Å². The van der Waals surface area contributed by atoms with Crippen LogP contribution in [-0.4, -0.2) is 19.3 Å². The van der Waals surface area contributed by atoms with Gasteiger partial charge in [0.25, 0.3) is 0 Å². The van der Waals surface area contributed by atoms with E-state index in [1.165, 1.54) is 49.7 Å². The van der Waals surface area contributed by atoms with Crippen molar-refractivity contribution in [3.63, 3.8) is 0 Å². The van der Waals surface area contributed by atoms with E-state index in [0.717, 1.165) is 43.8 Å². The zero-order chi connectivity index (χ0) is 23.3. The molecule has 1 fully saturated rings. The molecule has 1 saturated heterocycles. The van der Waals surface area contributed by atoms with Crippen molar-refractivity contribution < 1.29 is 14.2 Å². The summed E-state index contributed by atoms with van der Waals surface area (Å²) in [6.07, 6.45) is 12.9. The van der Waals surface area contributed by atoms with Gasteiger partial charge in [0.15, 0.2) is 6.29 Å². The fraction of sp³-hybridized carbons (Fsp3) is 0.533. The summed E-state index contributed by atoms with van der Waals surface area (Å²) in [5.41, 5.74) is 3.46. The molecule has 2 aromatic carbocycles. The highest BCUT2D eigenvalue weighted by Gasteiger charge is 2.23. The SMILES string of the molecule is C=CCCCCC1COC(c2ccc(-c3ccc(OC(C)CCCCCC)cc3)cc2)OC1. The van der Waals surface area contributed by atoms with Crippen LogP contribution in [0.1, 0.15) is 83.5 Å². The lowest BCUT2D eigenvalue weighted by molar-refractivity contribution is -0.206. The Morgan fingerprint density at radius 1 is 0.909 bits per heavy atom. The van der Waals surface area contributed by atoms with Crippen molar-refractivity contribution in [1.29, 1.82) is 0 Å². The van der Waals surface area contributed by atoms with Gasteiger partial charge in [0.2, 0.25) is 0 Å². The van der Waals surface area contributed by atoms with E-state index in [4.69, 9.17) is 14.2 Å². The molecule has 0 amide bonds. The van der Waals surface area contributed by atoms with Crippen LogP contribution in [0.15, 0.2) is 61.2 Å². The van der Waals surface area contributed by atoms with Crippen molar-refractivity contribution in [2.24, 2.45) is 5.92 Å². The predicted molar refractivity (Wildman–Crippen MR) is 138 cm³/mol. The van der Waals surface area contributed by atoms with Gasteiger partial charge in [0.1, 0.15) is 5.75 Å². The molecule has 3 rings (SSSR count). The second kappa shape index (κ2) is 14.2. The quantitative estimate of drug-likeness (QED) is 0.213. The molecule has 0 bridgehead atoms. The Morgan fingerprint density at radius 3 is 2.21 bits per heavy atom. The third-order valence-corrected chi connectivity index (χ3v) is 6.41. The highest BCUT2D eigenvalue weighted by atomic mass is 16.7. The molecule has 3 nitrogen and oxygen atoms in total. The third-order valence-electron chi connectivity index (χ3n) is 6.41. The van der Waals surface area contributed by atoms with Crippen LogP contribution in [0, 0.1) is 5.92 Å². The number of allylic oxidation sites excluding steroid dienone is 1. The molecule has 1 atom stereocenters. The summed E-state index contributed by atoms with van der Waals surface area (Å²) < 4.78 is 18.1. The van der Waals surface area contributed by atoms with Crippen molar-refractivity contribution in [3.05, 3.63) is 66.7 Å². The molecule has 33 heavy (non-hydrogen) atoms. The molecular formula is C30H42O3. The Labute approximate surface area is 201 Å². The first kappa shape index (κ1) is 25.5. The topological polar surface area (TPSA) is 27.7 Å². The second-order valence-corrected chi connectivity index (χ2v) is 9.36. The van der Waals surface area contributed by atoms with Crippen LogP contribution in [0.5, 0.6) is 5.75 Å². The Bertz CT molecular complexity index is 788. The van der Waals surface area contributed by atoms with Gasteiger partial charge in [0.05, 0.1) is 19.3 Å². The molecule has 1 aliphatic heterocycles. The maximum Gasteiger partial charge on any atom is 0.183 e. The maximum absolute atomic E-state index is 6.09. The van der Waals surface area contributed by atoms with Gasteiger partial charge in [-0.25, -0.2) is 0 Å². The zero-order valence-corrected chi connectivity index (χ0v) is 20.6. The minimum atomic E-state index is -0.252. The van der Waals surface area contributed by atoms with Gasteiger partial charge in [-0.05, 0) is 62.3 Å². The molecule has 0 spiro atoms. The average Bonchev–Trinajstić information content (AvgIpc) is 2.86. The summed E-state index contributed by atoms with van der Waals surface area (Å²) in [6, 6.07) is 17.0. The Hall–Kier alpha value is -2.10. The Morgan fingerprint density at radius 2 is 1.58 bits per heavy atom. The molecule has 1 aliphatic rings. The first-order valence-electron chi connectivity index (χ1n) is 12.9. The minimum absolute atomic E-state index is 0.252. The average molecular weight is 451 g/mol. The summed E-state index contributed by atoms with van der Waals surface area (Å²) >= 11 is 0. The molecule has 1 unspecified atom stereocenters. The fourth-order valence-corrected chi connectivity index (χ4v) is 4.33. The Kier molecular flexibility index (Phi) is 11.0. The predicted octanol–water partition coefficient (Wildman–Crippen LogP) is 8.50. The van der Waals surface area contributed by atoms with E-state index in [9.17, 15) is 0 Å². The molecule has 180 valence electrons. The largest absolute Gasteiger partial charge is 0.491 e. The number of rotatable bonds is 14.